The second-order valence-corrected chi connectivity index (χ2v) is 6.32. The number of benzene rings is 1. The molecular weight excluding hydrogens is 388 g/mol. The van der Waals surface area contributed by atoms with Gasteiger partial charge in [-0.05, 0) is 25.5 Å². The number of amides is 1. The molecule has 1 heterocycles. The Balaban J connectivity index is 0.000000298. The van der Waals surface area contributed by atoms with E-state index in [-0.39, 0.29) is 6.09 Å². The lowest BCUT2D eigenvalue weighted by Crippen LogP contribution is -2.42. The fourth-order valence-electron chi connectivity index (χ4n) is 2.42. The third-order valence-corrected chi connectivity index (χ3v) is 4.09. The minimum Gasteiger partial charge on any atom is -0.481 e. The maximum absolute atomic E-state index is 11.6. The van der Waals surface area contributed by atoms with E-state index in [1.807, 2.05) is 25.1 Å². The number of ether oxygens (including phenoxy) is 1. The fourth-order valence-corrected chi connectivity index (χ4v) is 2.42. The smallest absolute Gasteiger partial charge is 0.414 e. The predicted molar refractivity (Wildman–Crippen MR) is 100 cm³/mol. The first-order chi connectivity index (χ1) is 13.5. The maximum atomic E-state index is 11.6. The number of aliphatic hydroxyl groups is 1. The van der Waals surface area contributed by atoms with Crippen LogP contribution in [0.4, 0.5) is 10.5 Å². The van der Waals surface area contributed by atoms with Gasteiger partial charge in [0.2, 0.25) is 0 Å². The summed E-state index contributed by atoms with van der Waals surface area (Å²) < 4.78 is 5.36. The van der Waals surface area contributed by atoms with Crippen LogP contribution in [-0.4, -0.2) is 75.1 Å². The van der Waals surface area contributed by atoms with Crippen molar-refractivity contribution in [2.75, 3.05) is 25.5 Å². The van der Waals surface area contributed by atoms with E-state index in [9.17, 15) is 19.2 Å². The SMILES string of the molecule is CCN(C)C(=O)Oc1cccc2c1CCN2.O=C(O)CC(O)(CC(=O)O)C(=O)O. The Morgan fingerprint density at radius 2 is 1.72 bits per heavy atom. The fraction of sp³-hybridized carbons (Fsp3) is 0.444. The Hall–Kier alpha value is -3.34. The van der Waals surface area contributed by atoms with E-state index >= 15 is 0 Å². The summed E-state index contributed by atoms with van der Waals surface area (Å²) in [4.78, 5) is 43.7. The normalized spacial score (nSPS) is 12.0. The number of carbonyl (C=O) groups is 4. The number of nitrogens with one attached hydrogen (secondary N) is 1. The molecule has 1 aromatic rings. The molecule has 1 aliphatic rings. The average Bonchev–Trinajstić information content (AvgIpc) is 3.09. The Labute approximate surface area is 166 Å². The number of carbonyl (C=O) groups excluding carboxylic acids is 1. The van der Waals surface area contributed by atoms with Crippen molar-refractivity contribution in [1.29, 1.82) is 0 Å². The highest BCUT2D eigenvalue weighted by Crippen LogP contribution is 2.31. The Morgan fingerprint density at radius 1 is 1.14 bits per heavy atom. The standard InChI is InChI=1S/C12H16N2O2.C6H8O7/c1-3-14(2)12(15)16-11-6-4-5-10-9(11)7-8-13-10;7-3(8)1-6(13,5(11)12)2-4(9)10/h4-6,13H,3,7-8H2,1-2H3;13H,1-2H2,(H,7,8)(H,9,10)(H,11,12). The lowest BCUT2D eigenvalue weighted by molar-refractivity contribution is -0.170. The van der Waals surface area contributed by atoms with Gasteiger partial charge in [0.15, 0.2) is 5.60 Å². The molecule has 0 radical (unpaired) electrons. The molecule has 0 atom stereocenters. The molecule has 11 nitrogen and oxygen atoms in total. The lowest BCUT2D eigenvalue weighted by atomic mass is 9.96. The molecule has 5 N–H and O–H groups in total. The van der Waals surface area contributed by atoms with E-state index < -0.39 is 36.4 Å². The zero-order valence-electron chi connectivity index (χ0n) is 16.0. The topological polar surface area (TPSA) is 174 Å². The number of carboxylic acids is 3. The first-order valence-corrected chi connectivity index (χ1v) is 8.68. The molecule has 1 aromatic carbocycles. The number of rotatable bonds is 7. The zero-order valence-corrected chi connectivity index (χ0v) is 16.0. The van der Waals surface area contributed by atoms with E-state index in [1.165, 1.54) is 0 Å². The summed E-state index contributed by atoms with van der Waals surface area (Å²) in [6.45, 7) is 3.47. The summed E-state index contributed by atoms with van der Waals surface area (Å²) in [5, 5.41) is 37.1. The van der Waals surface area contributed by atoms with Gasteiger partial charge in [-0.3, -0.25) is 9.59 Å². The van der Waals surface area contributed by atoms with Gasteiger partial charge in [0.25, 0.3) is 0 Å². The van der Waals surface area contributed by atoms with E-state index in [0.717, 1.165) is 24.2 Å². The molecule has 0 spiro atoms. The second kappa shape index (κ2) is 10.3. The quantitative estimate of drug-likeness (QED) is 0.432. The van der Waals surface area contributed by atoms with E-state index in [1.54, 1.807) is 11.9 Å². The van der Waals surface area contributed by atoms with Gasteiger partial charge in [-0.15, -0.1) is 0 Å². The van der Waals surface area contributed by atoms with Crippen LogP contribution < -0.4 is 10.1 Å². The molecule has 0 bridgehead atoms. The Kier molecular flexibility index (Phi) is 8.39. The van der Waals surface area contributed by atoms with Crippen LogP contribution in [0.5, 0.6) is 5.75 Å². The van der Waals surface area contributed by atoms with Gasteiger partial charge in [-0.1, -0.05) is 6.07 Å². The number of fused-ring (bicyclic) bond motifs is 1. The highest BCUT2D eigenvalue weighted by Gasteiger charge is 2.40. The minimum atomic E-state index is -2.74. The first kappa shape index (κ1) is 23.7. The van der Waals surface area contributed by atoms with E-state index in [0.29, 0.717) is 12.3 Å². The maximum Gasteiger partial charge on any atom is 0.414 e. The molecule has 0 saturated heterocycles. The zero-order chi connectivity index (χ0) is 22.2. The number of hydrogen-bond acceptors (Lipinski definition) is 7. The van der Waals surface area contributed by atoms with E-state index in [2.05, 4.69) is 5.32 Å². The van der Waals surface area contributed by atoms with Gasteiger partial charge >= 0.3 is 24.0 Å². The van der Waals surface area contributed by atoms with Crippen molar-refractivity contribution in [3.05, 3.63) is 23.8 Å². The number of nitrogens with zero attached hydrogens (tertiary/aromatic N) is 1. The predicted octanol–water partition coefficient (Wildman–Crippen LogP) is 0.857. The summed E-state index contributed by atoms with van der Waals surface area (Å²) in [6, 6.07) is 5.74. The summed E-state index contributed by atoms with van der Waals surface area (Å²) >= 11 is 0. The van der Waals surface area contributed by atoms with Crippen LogP contribution >= 0.6 is 0 Å². The van der Waals surface area contributed by atoms with Crippen LogP contribution in [0.3, 0.4) is 0 Å². The molecule has 0 aromatic heterocycles. The van der Waals surface area contributed by atoms with Crippen molar-refractivity contribution in [1.82, 2.24) is 4.90 Å². The highest BCUT2D eigenvalue weighted by molar-refractivity contribution is 5.88. The van der Waals surface area contributed by atoms with Crippen LogP contribution in [0.2, 0.25) is 0 Å². The van der Waals surface area contributed by atoms with E-state index in [4.69, 9.17) is 25.2 Å². The van der Waals surface area contributed by atoms with Crippen molar-refractivity contribution < 1.29 is 44.3 Å². The van der Waals surface area contributed by atoms with Crippen molar-refractivity contribution in [3.63, 3.8) is 0 Å². The van der Waals surface area contributed by atoms with Crippen LogP contribution in [0.1, 0.15) is 25.3 Å². The lowest BCUT2D eigenvalue weighted by Gasteiger charge is -2.18. The molecule has 2 rings (SSSR count). The van der Waals surface area contributed by atoms with Crippen LogP contribution in [0.25, 0.3) is 0 Å². The number of aliphatic carboxylic acids is 3. The van der Waals surface area contributed by atoms with Crippen molar-refractivity contribution in [3.8, 4) is 5.75 Å². The third kappa shape index (κ3) is 6.96. The van der Waals surface area contributed by atoms with Crippen molar-refractivity contribution >= 4 is 29.7 Å². The molecule has 1 aliphatic heterocycles. The molecule has 0 fully saturated rings. The van der Waals surface area contributed by atoms with Crippen LogP contribution in [0, 0.1) is 0 Å². The Morgan fingerprint density at radius 3 is 2.21 bits per heavy atom. The van der Waals surface area contributed by atoms with Gasteiger partial charge in [0.05, 0.1) is 12.8 Å². The summed E-state index contributed by atoms with van der Waals surface area (Å²) in [5.41, 5.74) is -0.567. The van der Waals surface area contributed by atoms with Gasteiger partial charge in [0, 0.05) is 31.4 Å². The first-order valence-electron chi connectivity index (χ1n) is 8.68. The molecule has 0 aliphatic carbocycles. The molecule has 29 heavy (non-hydrogen) atoms. The van der Waals surface area contributed by atoms with Crippen molar-refractivity contribution in [2.24, 2.45) is 0 Å². The third-order valence-electron chi connectivity index (χ3n) is 4.09. The largest absolute Gasteiger partial charge is 0.481 e. The van der Waals surface area contributed by atoms with Crippen LogP contribution in [0.15, 0.2) is 18.2 Å². The molecule has 11 heteroatoms. The van der Waals surface area contributed by atoms with Gasteiger partial charge < -0.3 is 35.4 Å². The van der Waals surface area contributed by atoms with Crippen LogP contribution in [-0.2, 0) is 20.8 Å². The number of hydrogen-bond donors (Lipinski definition) is 5. The minimum absolute atomic E-state index is 0.303. The number of anilines is 1. The second-order valence-electron chi connectivity index (χ2n) is 6.32. The summed E-state index contributed by atoms with van der Waals surface area (Å²) in [6.07, 6.45) is -1.68. The number of carboxylic acid groups (broad SMARTS) is 3. The van der Waals surface area contributed by atoms with Gasteiger partial charge in [-0.25, -0.2) is 9.59 Å². The molecule has 160 valence electrons. The van der Waals surface area contributed by atoms with Gasteiger partial charge in [0.1, 0.15) is 5.75 Å². The molecular formula is C18H24N2O9. The summed E-state index contributed by atoms with van der Waals surface area (Å²) in [7, 11) is 1.73. The molecule has 0 unspecified atom stereocenters. The molecule has 1 amide bonds. The van der Waals surface area contributed by atoms with Gasteiger partial charge in [-0.2, -0.15) is 0 Å². The Bertz CT molecular complexity index is 763. The summed E-state index contributed by atoms with van der Waals surface area (Å²) in [5.74, 6) is -4.34. The van der Waals surface area contributed by atoms with Crippen molar-refractivity contribution in [2.45, 2.75) is 31.8 Å². The molecule has 0 saturated carbocycles. The highest BCUT2D eigenvalue weighted by atomic mass is 16.6. The average molecular weight is 412 g/mol. The monoisotopic (exact) mass is 412 g/mol.